The standard InChI is InChI=1S/C23H21F3N4O4/c1-14(24)34-18-6-3-2-5-16(18)17-8-9-21(31)30(28-17)15-11-29(12-15)23(32)22-19(7-4-10-27-22)33-13-20(25)26/h2-10,14-15,20H,11-13H2,1H3. The molecule has 1 fully saturated rings. The van der Waals surface area contributed by atoms with Crippen LogP contribution in [-0.4, -0.2) is 58.1 Å². The Kier molecular flexibility index (Phi) is 6.80. The monoisotopic (exact) mass is 474 g/mol. The number of aromatic nitrogens is 3. The van der Waals surface area contributed by atoms with Crippen molar-refractivity contribution >= 4 is 5.91 Å². The number of amides is 1. The number of hydrogen-bond acceptors (Lipinski definition) is 6. The van der Waals surface area contributed by atoms with Crippen LogP contribution in [0.5, 0.6) is 11.5 Å². The molecule has 0 N–H and O–H groups in total. The normalized spacial score (nSPS) is 14.6. The van der Waals surface area contributed by atoms with E-state index in [2.05, 4.69) is 10.1 Å². The van der Waals surface area contributed by atoms with E-state index in [1.165, 1.54) is 47.0 Å². The van der Waals surface area contributed by atoms with Crippen molar-refractivity contribution in [1.82, 2.24) is 19.7 Å². The van der Waals surface area contributed by atoms with Gasteiger partial charge in [0.2, 0.25) is 6.36 Å². The van der Waals surface area contributed by atoms with Crippen LogP contribution >= 0.6 is 0 Å². The Hall–Kier alpha value is -3.89. The zero-order chi connectivity index (χ0) is 24.2. The third-order valence-corrected chi connectivity index (χ3v) is 5.11. The van der Waals surface area contributed by atoms with Gasteiger partial charge in [0, 0.05) is 37.8 Å². The Labute approximate surface area is 192 Å². The zero-order valence-electron chi connectivity index (χ0n) is 18.1. The van der Waals surface area contributed by atoms with Gasteiger partial charge in [0.05, 0.1) is 11.7 Å². The lowest BCUT2D eigenvalue weighted by atomic mass is 10.1. The van der Waals surface area contributed by atoms with Crippen LogP contribution in [0.2, 0.25) is 0 Å². The number of para-hydroxylation sites is 1. The maximum atomic E-state index is 13.4. The van der Waals surface area contributed by atoms with Crippen molar-refractivity contribution in [3.8, 4) is 22.8 Å². The molecule has 8 nitrogen and oxygen atoms in total. The van der Waals surface area contributed by atoms with E-state index >= 15 is 0 Å². The minimum Gasteiger partial charge on any atom is -0.485 e. The number of benzene rings is 1. The highest BCUT2D eigenvalue weighted by molar-refractivity contribution is 5.95. The second kappa shape index (κ2) is 9.94. The van der Waals surface area contributed by atoms with Gasteiger partial charge in [0.25, 0.3) is 17.9 Å². The molecule has 0 spiro atoms. The summed E-state index contributed by atoms with van der Waals surface area (Å²) in [6.45, 7) is 0.739. The van der Waals surface area contributed by atoms with Crippen LogP contribution in [0.25, 0.3) is 11.3 Å². The Bertz CT molecular complexity index is 1230. The summed E-state index contributed by atoms with van der Waals surface area (Å²) in [7, 11) is 0. The van der Waals surface area contributed by atoms with Crippen molar-refractivity contribution in [3.05, 3.63) is 70.8 Å². The molecule has 1 aliphatic rings. The molecule has 1 unspecified atom stereocenters. The molecule has 1 aliphatic heterocycles. The van der Waals surface area contributed by atoms with Gasteiger partial charge in [-0.25, -0.2) is 22.8 Å². The quantitative estimate of drug-likeness (QED) is 0.498. The van der Waals surface area contributed by atoms with Gasteiger partial charge in [-0.15, -0.1) is 0 Å². The average Bonchev–Trinajstić information content (AvgIpc) is 2.78. The number of pyridine rings is 1. The predicted octanol–water partition coefficient (Wildman–Crippen LogP) is 3.34. The lowest BCUT2D eigenvalue weighted by Gasteiger charge is -2.39. The summed E-state index contributed by atoms with van der Waals surface area (Å²) in [6.07, 6.45) is -2.85. The zero-order valence-corrected chi connectivity index (χ0v) is 18.1. The highest BCUT2D eigenvalue weighted by Crippen LogP contribution is 2.30. The molecule has 11 heteroatoms. The van der Waals surface area contributed by atoms with Gasteiger partial charge >= 0.3 is 0 Å². The summed E-state index contributed by atoms with van der Waals surface area (Å²) < 4.78 is 49.9. The van der Waals surface area contributed by atoms with Crippen LogP contribution in [0.15, 0.2) is 59.5 Å². The van der Waals surface area contributed by atoms with E-state index in [9.17, 15) is 22.8 Å². The van der Waals surface area contributed by atoms with Gasteiger partial charge in [0.15, 0.2) is 11.4 Å². The average molecular weight is 474 g/mol. The molecule has 0 radical (unpaired) electrons. The van der Waals surface area contributed by atoms with E-state index < -0.39 is 31.3 Å². The number of carbonyl (C=O) groups is 1. The second-order valence-corrected chi connectivity index (χ2v) is 7.57. The van der Waals surface area contributed by atoms with Crippen molar-refractivity contribution in [1.29, 1.82) is 0 Å². The van der Waals surface area contributed by atoms with Crippen molar-refractivity contribution in [2.75, 3.05) is 19.7 Å². The molecule has 4 rings (SSSR count). The van der Waals surface area contributed by atoms with E-state index in [0.29, 0.717) is 11.3 Å². The number of ether oxygens (including phenoxy) is 2. The molecule has 1 aromatic carbocycles. The van der Waals surface area contributed by atoms with Crippen LogP contribution < -0.4 is 15.0 Å². The Morgan fingerprint density at radius 1 is 1.09 bits per heavy atom. The van der Waals surface area contributed by atoms with Crippen molar-refractivity contribution < 1.29 is 27.4 Å². The van der Waals surface area contributed by atoms with Gasteiger partial charge in [-0.1, -0.05) is 12.1 Å². The van der Waals surface area contributed by atoms with Crippen molar-refractivity contribution in [2.45, 2.75) is 25.7 Å². The number of nitrogens with zero attached hydrogens (tertiary/aromatic N) is 4. The number of hydrogen-bond donors (Lipinski definition) is 0. The highest BCUT2D eigenvalue weighted by Gasteiger charge is 2.35. The smallest absolute Gasteiger partial charge is 0.276 e. The van der Waals surface area contributed by atoms with Gasteiger partial charge in [-0.3, -0.25) is 9.59 Å². The molecule has 34 heavy (non-hydrogen) atoms. The minimum absolute atomic E-state index is 0.0350. The maximum Gasteiger partial charge on any atom is 0.276 e. The SMILES string of the molecule is CC(F)Oc1ccccc1-c1ccc(=O)n(C2CN(C(=O)c3ncccc3OCC(F)F)C2)n1. The minimum atomic E-state index is -2.69. The highest BCUT2D eigenvalue weighted by atomic mass is 19.3. The number of likely N-dealkylation sites (tertiary alicyclic amines) is 1. The van der Waals surface area contributed by atoms with E-state index in [4.69, 9.17) is 9.47 Å². The fourth-order valence-electron chi connectivity index (χ4n) is 3.53. The van der Waals surface area contributed by atoms with Crippen LogP contribution in [0.3, 0.4) is 0 Å². The number of carbonyl (C=O) groups excluding carboxylic acids is 1. The van der Waals surface area contributed by atoms with Crippen LogP contribution in [0.1, 0.15) is 23.5 Å². The lowest BCUT2D eigenvalue weighted by Crippen LogP contribution is -2.53. The van der Waals surface area contributed by atoms with Crippen LogP contribution in [0.4, 0.5) is 13.2 Å². The Morgan fingerprint density at radius 2 is 1.82 bits per heavy atom. The fourth-order valence-corrected chi connectivity index (χ4v) is 3.53. The topological polar surface area (TPSA) is 86.6 Å². The molecule has 1 saturated heterocycles. The van der Waals surface area contributed by atoms with Gasteiger partial charge in [0.1, 0.15) is 12.4 Å². The second-order valence-electron chi connectivity index (χ2n) is 7.57. The van der Waals surface area contributed by atoms with Gasteiger partial charge in [-0.05, 0) is 30.3 Å². The van der Waals surface area contributed by atoms with Crippen LogP contribution in [-0.2, 0) is 0 Å². The number of alkyl halides is 3. The van der Waals surface area contributed by atoms with Crippen molar-refractivity contribution in [2.24, 2.45) is 0 Å². The first-order chi connectivity index (χ1) is 16.3. The fraction of sp³-hybridized carbons (Fsp3) is 0.304. The number of rotatable bonds is 8. The molecule has 0 bridgehead atoms. The summed E-state index contributed by atoms with van der Waals surface area (Å²) in [5.41, 5.74) is 0.481. The molecular weight excluding hydrogens is 453 g/mol. The molecule has 3 heterocycles. The summed E-state index contributed by atoms with van der Waals surface area (Å²) >= 11 is 0. The predicted molar refractivity (Wildman–Crippen MR) is 116 cm³/mol. The van der Waals surface area contributed by atoms with E-state index in [-0.39, 0.29) is 35.8 Å². The third kappa shape index (κ3) is 5.03. The van der Waals surface area contributed by atoms with E-state index in [1.54, 1.807) is 24.3 Å². The first-order valence-electron chi connectivity index (χ1n) is 10.5. The molecule has 1 atom stereocenters. The van der Waals surface area contributed by atoms with Gasteiger partial charge < -0.3 is 14.4 Å². The summed E-state index contributed by atoms with van der Waals surface area (Å²) in [5.74, 6) is -0.250. The first-order valence-corrected chi connectivity index (χ1v) is 10.5. The molecular formula is C23H21F3N4O4. The Morgan fingerprint density at radius 3 is 2.56 bits per heavy atom. The maximum absolute atomic E-state index is 13.4. The molecule has 0 aliphatic carbocycles. The molecule has 3 aromatic rings. The number of halogens is 3. The molecule has 2 aromatic heterocycles. The van der Waals surface area contributed by atoms with Crippen LogP contribution in [0, 0.1) is 0 Å². The summed E-state index contributed by atoms with van der Waals surface area (Å²) in [6, 6.07) is 12.1. The van der Waals surface area contributed by atoms with Gasteiger partial charge in [-0.2, -0.15) is 5.10 Å². The molecule has 1 amide bonds. The molecule has 178 valence electrons. The Balaban J connectivity index is 1.51. The summed E-state index contributed by atoms with van der Waals surface area (Å²) in [4.78, 5) is 30.7. The van der Waals surface area contributed by atoms with Crippen molar-refractivity contribution in [3.63, 3.8) is 0 Å². The van der Waals surface area contributed by atoms with E-state index in [1.807, 2.05) is 0 Å². The first kappa shape index (κ1) is 23.3. The van der Waals surface area contributed by atoms with E-state index in [0.717, 1.165) is 0 Å². The summed E-state index contributed by atoms with van der Waals surface area (Å²) in [5, 5.41) is 4.41. The largest absolute Gasteiger partial charge is 0.485 e. The third-order valence-electron chi connectivity index (χ3n) is 5.11. The molecule has 0 saturated carbocycles. The lowest BCUT2D eigenvalue weighted by molar-refractivity contribution is 0.0472.